The summed E-state index contributed by atoms with van der Waals surface area (Å²) in [5.41, 5.74) is 2.87. The highest BCUT2D eigenvalue weighted by Gasteiger charge is 2.36. The van der Waals surface area contributed by atoms with Crippen LogP contribution >= 0.6 is 0 Å². The Morgan fingerprint density at radius 1 is 1.08 bits per heavy atom. The second-order valence-corrected chi connectivity index (χ2v) is 8.42. The van der Waals surface area contributed by atoms with Crippen LogP contribution in [0.5, 0.6) is 5.75 Å². The van der Waals surface area contributed by atoms with Crippen LogP contribution in [0.25, 0.3) is 16.9 Å². The van der Waals surface area contributed by atoms with E-state index in [-0.39, 0.29) is 18.9 Å². The molecule has 0 spiro atoms. The standard InChI is InChI=1S/C29H22N4O5/c1-2-37-29(36)18-13-14-24-21(15-18)26-23(17-38-24)25(32-33(26)20-11-7-4-8-12-20)27(34)22(16-30)28(35)31-19-9-5-3-6-10-19/h3-15,22H,2,17H2,1H3,(H,31,35). The largest absolute Gasteiger partial charge is 0.488 e. The lowest BCUT2D eigenvalue weighted by atomic mass is 9.95. The molecule has 0 saturated carbocycles. The number of aromatic nitrogens is 2. The number of nitrogens with one attached hydrogen (secondary N) is 1. The summed E-state index contributed by atoms with van der Waals surface area (Å²) in [6, 6.07) is 24.4. The van der Waals surface area contributed by atoms with Gasteiger partial charge in [-0.1, -0.05) is 36.4 Å². The maximum absolute atomic E-state index is 13.6. The van der Waals surface area contributed by atoms with Crippen LogP contribution in [0.4, 0.5) is 5.69 Å². The molecule has 188 valence electrons. The third-order valence-corrected chi connectivity index (χ3v) is 6.03. The smallest absolute Gasteiger partial charge is 0.338 e. The van der Waals surface area contributed by atoms with E-state index in [0.29, 0.717) is 39.5 Å². The Bertz CT molecular complexity index is 1570. The number of esters is 1. The third-order valence-electron chi connectivity index (χ3n) is 6.03. The molecule has 0 saturated heterocycles. The van der Waals surface area contributed by atoms with Gasteiger partial charge < -0.3 is 14.8 Å². The average Bonchev–Trinajstić information content (AvgIpc) is 3.34. The number of rotatable bonds is 7. The number of hydrogen-bond donors (Lipinski definition) is 1. The molecule has 3 aromatic carbocycles. The Morgan fingerprint density at radius 2 is 1.79 bits per heavy atom. The first kappa shape index (κ1) is 24.5. The molecule has 4 aromatic rings. The minimum Gasteiger partial charge on any atom is -0.488 e. The van der Waals surface area contributed by atoms with E-state index in [1.807, 2.05) is 36.4 Å². The van der Waals surface area contributed by atoms with E-state index in [1.165, 1.54) is 0 Å². The Hall–Kier alpha value is -5.23. The average molecular weight is 507 g/mol. The first-order chi connectivity index (χ1) is 18.5. The fourth-order valence-corrected chi connectivity index (χ4v) is 4.26. The Balaban J connectivity index is 1.61. The maximum Gasteiger partial charge on any atom is 0.338 e. The van der Waals surface area contributed by atoms with Crippen molar-refractivity contribution >= 4 is 23.3 Å². The minimum atomic E-state index is -1.63. The van der Waals surface area contributed by atoms with Gasteiger partial charge in [0.15, 0.2) is 5.92 Å². The quantitative estimate of drug-likeness (QED) is 0.221. The van der Waals surface area contributed by atoms with E-state index in [9.17, 15) is 19.6 Å². The highest BCUT2D eigenvalue weighted by Crippen LogP contribution is 2.41. The maximum atomic E-state index is 13.6. The number of fused-ring (bicyclic) bond motifs is 3. The van der Waals surface area contributed by atoms with Crippen molar-refractivity contribution in [2.45, 2.75) is 13.5 Å². The number of benzene rings is 3. The van der Waals surface area contributed by atoms with Crippen LogP contribution < -0.4 is 10.1 Å². The molecular weight excluding hydrogens is 484 g/mol. The van der Waals surface area contributed by atoms with E-state index in [1.54, 1.807) is 60.1 Å². The van der Waals surface area contributed by atoms with Gasteiger partial charge in [0.05, 0.1) is 29.6 Å². The van der Waals surface area contributed by atoms with Gasteiger partial charge in [-0.3, -0.25) is 9.59 Å². The molecule has 5 rings (SSSR count). The summed E-state index contributed by atoms with van der Waals surface area (Å²) < 4.78 is 12.6. The summed E-state index contributed by atoms with van der Waals surface area (Å²) in [6.07, 6.45) is 0. The zero-order chi connectivity index (χ0) is 26.6. The lowest BCUT2D eigenvalue weighted by Gasteiger charge is -2.20. The highest BCUT2D eigenvalue weighted by molar-refractivity contribution is 6.16. The van der Waals surface area contributed by atoms with E-state index in [0.717, 1.165) is 0 Å². The first-order valence-electron chi connectivity index (χ1n) is 11.9. The lowest BCUT2D eigenvalue weighted by molar-refractivity contribution is -0.117. The number of carbonyl (C=O) groups is 3. The van der Waals surface area contributed by atoms with Crippen molar-refractivity contribution in [1.29, 1.82) is 5.26 Å². The number of amides is 1. The number of nitrogens with zero attached hydrogens (tertiary/aromatic N) is 3. The van der Waals surface area contributed by atoms with Crippen molar-refractivity contribution in [3.05, 3.63) is 95.7 Å². The molecule has 1 unspecified atom stereocenters. The topological polar surface area (TPSA) is 123 Å². The Labute approximate surface area is 218 Å². The number of ketones is 1. The van der Waals surface area contributed by atoms with Crippen molar-refractivity contribution in [2.75, 3.05) is 11.9 Å². The molecule has 0 radical (unpaired) electrons. The molecule has 9 heteroatoms. The SMILES string of the molecule is CCOC(=O)c1ccc2c(c1)-c1c(c(C(=O)C(C#N)C(=O)Nc3ccccc3)nn1-c1ccccc1)CO2. The van der Waals surface area contributed by atoms with Crippen molar-refractivity contribution < 1.29 is 23.9 Å². The highest BCUT2D eigenvalue weighted by atomic mass is 16.5. The molecule has 1 atom stereocenters. The van der Waals surface area contributed by atoms with Crippen LogP contribution in [0.2, 0.25) is 0 Å². The molecule has 2 heterocycles. The van der Waals surface area contributed by atoms with Crippen molar-refractivity contribution in [3.8, 4) is 28.8 Å². The monoisotopic (exact) mass is 506 g/mol. The van der Waals surface area contributed by atoms with Crippen molar-refractivity contribution in [1.82, 2.24) is 9.78 Å². The van der Waals surface area contributed by atoms with Crippen molar-refractivity contribution in [3.63, 3.8) is 0 Å². The van der Waals surface area contributed by atoms with Crippen LogP contribution in [0.1, 0.15) is 33.3 Å². The number of carbonyl (C=O) groups excluding carboxylic acids is 3. The molecule has 38 heavy (non-hydrogen) atoms. The predicted octanol–water partition coefficient (Wildman–Crippen LogP) is 4.57. The van der Waals surface area contributed by atoms with Gasteiger partial charge >= 0.3 is 5.97 Å². The first-order valence-corrected chi connectivity index (χ1v) is 11.9. The normalized spacial score (nSPS) is 12.2. The number of nitriles is 1. The van der Waals surface area contributed by atoms with E-state index in [4.69, 9.17) is 9.47 Å². The van der Waals surface area contributed by atoms with Gasteiger partial charge in [-0.05, 0) is 49.4 Å². The molecule has 0 fully saturated rings. The zero-order valence-corrected chi connectivity index (χ0v) is 20.4. The Morgan fingerprint density at radius 3 is 2.47 bits per heavy atom. The van der Waals surface area contributed by atoms with Gasteiger partial charge in [0.2, 0.25) is 11.7 Å². The van der Waals surface area contributed by atoms with Gasteiger partial charge in [-0.25, -0.2) is 9.48 Å². The molecular formula is C29H22N4O5. The summed E-state index contributed by atoms with van der Waals surface area (Å²) in [4.78, 5) is 39.0. The summed E-state index contributed by atoms with van der Waals surface area (Å²) in [6.45, 7) is 1.94. The lowest BCUT2D eigenvalue weighted by Crippen LogP contribution is -2.29. The molecule has 1 N–H and O–H groups in total. The van der Waals surface area contributed by atoms with Gasteiger partial charge in [0.25, 0.3) is 0 Å². The molecule has 1 aliphatic rings. The summed E-state index contributed by atoms with van der Waals surface area (Å²) in [5, 5.41) is 17.0. The van der Waals surface area contributed by atoms with Crippen LogP contribution in [-0.2, 0) is 16.1 Å². The van der Waals surface area contributed by atoms with Gasteiger partial charge in [0.1, 0.15) is 18.1 Å². The second kappa shape index (κ2) is 10.4. The fourth-order valence-electron chi connectivity index (χ4n) is 4.26. The van der Waals surface area contributed by atoms with Crippen molar-refractivity contribution in [2.24, 2.45) is 5.92 Å². The number of para-hydroxylation sites is 2. The second-order valence-electron chi connectivity index (χ2n) is 8.42. The van der Waals surface area contributed by atoms with Crippen LogP contribution in [0.15, 0.2) is 78.9 Å². The number of anilines is 1. The molecule has 1 aromatic heterocycles. The van der Waals surface area contributed by atoms with Crippen LogP contribution in [0.3, 0.4) is 0 Å². The van der Waals surface area contributed by atoms with Gasteiger partial charge in [-0.15, -0.1) is 0 Å². The molecule has 1 aliphatic heterocycles. The summed E-state index contributed by atoms with van der Waals surface area (Å²) in [5.74, 6) is -3.13. The third kappa shape index (κ3) is 4.51. The molecule has 1 amide bonds. The van der Waals surface area contributed by atoms with Gasteiger partial charge in [-0.2, -0.15) is 10.4 Å². The predicted molar refractivity (Wildman–Crippen MR) is 138 cm³/mol. The summed E-state index contributed by atoms with van der Waals surface area (Å²) >= 11 is 0. The summed E-state index contributed by atoms with van der Waals surface area (Å²) in [7, 11) is 0. The number of ether oxygens (including phenoxy) is 2. The van der Waals surface area contributed by atoms with Crippen LogP contribution in [-0.4, -0.2) is 34.0 Å². The fraction of sp³-hybridized carbons (Fsp3) is 0.138. The molecule has 0 bridgehead atoms. The van der Waals surface area contributed by atoms with E-state index < -0.39 is 23.6 Å². The van der Waals surface area contributed by atoms with Gasteiger partial charge in [0, 0.05) is 16.8 Å². The van der Waals surface area contributed by atoms with E-state index in [2.05, 4.69) is 10.4 Å². The Kier molecular flexibility index (Phi) is 6.70. The molecule has 0 aliphatic carbocycles. The number of Topliss-reactive ketones (excluding diaryl/α,β-unsaturated/α-hetero) is 1. The molecule has 9 nitrogen and oxygen atoms in total. The minimum absolute atomic E-state index is 0.00650. The van der Waals surface area contributed by atoms with E-state index >= 15 is 0 Å². The van der Waals surface area contributed by atoms with Crippen LogP contribution in [0, 0.1) is 17.2 Å². The zero-order valence-electron chi connectivity index (χ0n) is 20.4. The number of hydrogen-bond acceptors (Lipinski definition) is 7.